The lowest BCUT2D eigenvalue weighted by Gasteiger charge is -2.40. The zero-order valence-corrected chi connectivity index (χ0v) is 20.0. The third-order valence-corrected chi connectivity index (χ3v) is 6.88. The van der Waals surface area contributed by atoms with Gasteiger partial charge in [0.05, 0.1) is 11.3 Å². The number of nitrogens with zero attached hydrogens (tertiary/aromatic N) is 5. The molecule has 8 heteroatoms. The van der Waals surface area contributed by atoms with Crippen LogP contribution in [0.15, 0.2) is 55.0 Å². The van der Waals surface area contributed by atoms with Crippen LogP contribution in [0.1, 0.15) is 40.0 Å². The number of amides is 1. The summed E-state index contributed by atoms with van der Waals surface area (Å²) in [5.74, 6) is 0.138. The van der Waals surface area contributed by atoms with Crippen LogP contribution < -0.4 is 4.73 Å². The molecule has 1 atom stereocenters. The van der Waals surface area contributed by atoms with E-state index in [9.17, 15) is 14.4 Å². The molecule has 0 spiro atoms. The monoisotopic (exact) mass is 465 g/mol. The van der Waals surface area contributed by atoms with Crippen LogP contribution in [0.2, 0.25) is 0 Å². The highest BCUT2D eigenvalue weighted by atomic mass is 19.1. The van der Waals surface area contributed by atoms with Crippen molar-refractivity contribution in [2.24, 2.45) is 13.0 Å². The van der Waals surface area contributed by atoms with Gasteiger partial charge in [0, 0.05) is 56.6 Å². The van der Waals surface area contributed by atoms with Crippen LogP contribution >= 0.6 is 0 Å². The average Bonchev–Trinajstić information content (AvgIpc) is 3.15. The highest BCUT2D eigenvalue weighted by molar-refractivity contribution is 5.94. The number of hydrogen-bond acceptors (Lipinski definition) is 4. The lowest BCUT2D eigenvalue weighted by Crippen LogP contribution is -2.46. The Morgan fingerprint density at radius 1 is 1.21 bits per heavy atom. The minimum absolute atomic E-state index is 0.0338. The summed E-state index contributed by atoms with van der Waals surface area (Å²) < 4.78 is 16.0. The van der Waals surface area contributed by atoms with E-state index in [-0.39, 0.29) is 17.8 Å². The van der Waals surface area contributed by atoms with Gasteiger partial charge in [-0.1, -0.05) is 12.1 Å². The van der Waals surface area contributed by atoms with Crippen molar-refractivity contribution in [2.75, 3.05) is 20.1 Å². The number of piperidine rings is 1. The third-order valence-electron chi connectivity index (χ3n) is 6.88. The van der Waals surface area contributed by atoms with E-state index in [4.69, 9.17) is 0 Å². The molecule has 1 aliphatic heterocycles. The number of carbonyl (C=O) groups excluding carboxylic acids is 1. The Bertz CT molecular complexity index is 1110. The second-order valence-electron chi connectivity index (χ2n) is 9.30. The van der Waals surface area contributed by atoms with Crippen molar-refractivity contribution in [3.63, 3.8) is 0 Å². The van der Waals surface area contributed by atoms with Crippen LogP contribution in [-0.2, 0) is 20.0 Å². The topological polar surface area (TPSA) is 68.3 Å². The molecule has 3 heterocycles. The van der Waals surface area contributed by atoms with Crippen molar-refractivity contribution in [2.45, 2.75) is 38.8 Å². The van der Waals surface area contributed by atoms with Crippen LogP contribution in [0.25, 0.3) is 0 Å². The second-order valence-corrected chi connectivity index (χ2v) is 9.30. The van der Waals surface area contributed by atoms with E-state index in [0.717, 1.165) is 37.1 Å². The molecule has 0 saturated carbocycles. The number of benzene rings is 1. The molecule has 1 fully saturated rings. The fourth-order valence-electron chi connectivity index (χ4n) is 4.96. The predicted octanol–water partition coefficient (Wildman–Crippen LogP) is 3.10. The largest absolute Gasteiger partial charge is 0.619 e. The zero-order valence-electron chi connectivity index (χ0n) is 20.0. The summed E-state index contributed by atoms with van der Waals surface area (Å²) in [7, 11) is 4.07. The Morgan fingerprint density at radius 3 is 2.44 bits per heavy atom. The molecule has 1 unspecified atom stereocenters. The molecule has 180 valence electrons. The summed E-state index contributed by atoms with van der Waals surface area (Å²) in [6, 6.07) is 10.2. The first-order chi connectivity index (χ1) is 16.3. The summed E-state index contributed by atoms with van der Waals surface area (Å²) in [5.41, 5.74) is 3.87. The SMILES string of the molecule is Cc1nn(C)cc1CN(C)C(Cc1ccc(F)cc1)C1CCN(C(=O)c2cc[n+]([O-])cc2)CC1. The van der Waals surface area contributed by atoms with Crippen LogP contribution in [0.5, 0.6) is 0 Å². The summed E-state index contributed by atoms with van der Waals surface area (Å²) in [4.78, 5) is 17.1. The lowest BCUT2D eigenvalue weighted by atomic mass is 9.84. The number of aryl methyl sites for hydroxylation is 2. The van der Waals surface area contributed by atoms with Crippen LogP contribution in [0, 0.1) is 23.9 Å². The van der Waals surface area contributed by atoms with Gasteiger partial charge in [0.15, 0.2) is 12.4 Å². The molecule has 3 aromatic rings. The molecule has 1 amide bonds. The maximum Gasteiger partial charge on any atom is 0.254 e. The molecule has 7 nitrogen and oxygen atoms in total. The highest BCUT2D eigenvalue weighted by Gasteiger charge is 2.31. The minimum Gasteiger partial charge on any atom is -0.619 e. The first kappa shape index (κ1) is 23.9. The highest BCUT2D eigenvalue weighted by Crippen LogP contribution is 2.28. The van der Waals surface area contributed by atoms with Gasteiger partial charge >= 0.3 is 0 Å². The second kappa shape index (κ2) is 10.3. The van der Waals surface area contributed by atoms with E-state index in [1.165, 1.54) is 30.1 Å². The predicted molar refractivity (Wildman–Crippen MR) is 127 cm³/mol. The first-order valence-electron chi connectivity index (χ1n) is 11.7. The van der Waals surface area contributed by atoms with Crippen molar-refractivity contribution in [1.29, 1.82) is 0 Å². The zero-order chi connectivity index (χ0) is 24.2. The maximum atomic E-state index is 13.5. The molecule has 1 saturated heterocycles. The van der Waals surface area contributed by atoms with E-state index in [1.54, 1.807) is 12.1 Å². The van der Waals surface area contributed by atoms with Gasteiger partial charge in [0.1, 0.15) is 5.82 Å². The van der Waals surface area contributed by atoms with Crippen molar-refractivity contribution >= 4 is 5.91 Å². The van der Waals surface area contributed by atoms with Gasteiger partial charge in [-0.15, -0.1) is 0 Å². The Morgan fingerprint density at radius 2 is 1.85 bits per heavy atom. The Labute approximate surface area is 200 Å². The number of likely N-dealkylation sites (tertiary alicyclic amines) is 1. The summed E-state index contributed by atoms with van der Waals surface area (Å²) >= 11 is 0. The number of halogens is 1. The number of hydrogen-bond donors (Lipinski definition) is 0. The number of pyridine rings is 1. The molecular formula is C26H32FN5O2. The first-order valence-corrected chi connectivity index (χ1v) is 11.7. The molecule has 1 aliphatic rings. The maximum absolute atomic E-state index is 13.5. The molecule has 0 bridgehead atoms. The van der Waals surface area contributed by atoms with Crippen molar-refractivity contribution < 1.29 is 13.9 Å². The number of aromatic nitrogens is 3. The van der Waals surface area contributed by atoms with Crippen LogP contribution in [0.4, 0.5) is 4.39 Å². The number of carbonyl (C=O) groups is 1. The van der Waals surface area contributed by atoms with Gasteiger partial charge < -0.3 is 10.1 Å². The molecule has 0 N–H and O–H groups in total. The Kier molecular flexibility index (Phi) is 7.26. The normalized spacial score (nSPS) is 15.6. The molecular weight excluding hydrogens is 433 g/mol. The quantitative estimate of drug-likeness (QED) is 0.397. The van der Waals surface area contributed by atoms with Gasteiger partial charge in [-0.05, 0) is 56.8 Å². The molecule has 1 aromatic carbocycles. The summed E-state index contributed by atoms with van der Waals surface area (Å²) in [6.45, 7) is 4.16. The van der Waals surface area contributed by atoms with Crippen molar-refractivity contribution in [3.05, 3.63) is 88.4 Å². The van der Waals surface area contributed by atoms with Crippen molar-refractivity contribution in [1.82, 2.24) is 19.6 Å². The van der Waals surface area contributed by atoms with Crippen LogP contribution in [-0.4, -0.2) is 51.7 Å². The van der Waals surface area contributed by atoms with Gasteiger partial charge in [0.25, 0.3) is 5.91 Å². The molecule has 0 aliphatic carbocycles. The Hall–Kier alpha value is -3.26. The van der Waals surface area contributed by atoms with E-state index in [1.807, 2.05) is 35.7 Å². The van der Waals surface area contributed by atoms with E-state index in [2.05, 4.69) is 23.2 Å². The van der Waals surface area contributed by atoms with Gasteiger partial charge in [-0.3, -0.25) is 14.4 Å². The van der Waals surface area contributed by atoms with Crippen LogP contribution in [0.3, 0.4) is 0 Å². The molecule has 4 rings (SSSR count). The van der Waals surface area contributed by atoms with E-state index < -0.39 is 0 Å². The lowest BCUT2D eigenvalue weighted by molar-refractivity contribution is -0.605. The summed E-state index contributed by atoms with van der Waals surface area (Å²) in [5, 5.41) is 15.8. The molecule has 2 aromatic heterocycles. The third kappa shape index (κ3) is 5.62. The Balaban J connectivity index is 1.47. The van der Waals surface area contributed by atoms with Crippen molar-refractivity contribution in [3.8, 4) is 0 Å². The number of rotatable bonds is 7. The van der Waals surface area contributed by atoms with E-state index >= 15 is 0 Å². The summed E-state index contributed by atoms with van der Waals surface area (Å²) in [6.07, 6.45) is 7.37. The fraction of sp³-hybridized carbons (Fsp3) is 0.423. The van der Waals surface area contributed by atoms with Gasteiger partial charge in [-0.25, -0.2) is 4.39 Å². The smallest absolute Gasteiger partial charge is 0.254 e. The standard InChI is InChI=1S/C26H32FN5O2/c1-19-23(18-30(3)28-19)17-29(2)25(16-20-4-6-24(27)7-5-20)21-8-12-31(13-9-21)26(33)22-10-14-32(34)15-11-22/h4-7,10-11,14-15,18,21,25H,8-9,12-13,16-17H2,1-3H3. The minimum atomic E-state index is -0.227. The average molecular weight is 466 g/mol. The van der Waals surface area contributed by atoms with E-state index in [0.29, 0.717) is 29.3 Å². The van der Waals surface area contributed by atoms with Gasteiger partial charge in [0.2, 0.25) is 0 Å². The molecule has 0 radical (unpaired) electrons. The fourth-order valence-corrected chi connectivity index (χ4v) is 4.96. The number of likely N-dealkylation sites (N-methyl/N-ethyl adjacent to an activating group) is 1. The van der Waals surface area contributed by atoms with Gasteiger partial charge in [-0.2, -0.15) is 9.83 Å². The molecule has 34 heavy (non-hydrogen) atoms.